The summed E-state index contributed by atoms with van der Waals surface area (Å²) in [5.74, 6) is 1.79. The van der Waals surface area contributed by atoms with Crippen molar-refractivity contribution in [3.8, 4) is 0 Å². The number of pyridine rings is 1. The zero-order valence-electron chi connectivity index (χ0n) is 21.8. The van der Waals surface area contributed by atoms with E-state index >= 15 is 0 Å². The van der Waals surface area contributed by atoms with Gasteiger partial charge in [-0.15, -0.1) is 11.3 Å². The van der Waals surface area contributed by atoms with E-state index in [-0.39, 0.29) is 5.92 Å². The fourth-order valence-electron chi connectivity index (χ4n) is 4.48. The lowest BCUT2D eigenvalue weighted by Crippen LogP contribution is -2.46. The summed E-state index contributed by atoms with van der Waals surface area (Å²) >= 11 is 3.06. The van der Waals surface area contributed by atoms with Gasteiger partial charge in [0.25, 0.3) is 0 Å². The lowest BCUT2D eigenvalue weighted by atomic mass is 10.1. The van der Waals surface area contributed by atoms with E-state index in [1.54, 1.807) is 17.5 Å². The average molecular weight is 559 g/mol. The summed E-state index contributed by atoms with van der Waals surface area (Å²) in [7, 11) is 0. The summed E-state index contributed by atoms with van der Waals surface area (Å²) in [6.07, 6.45) is 8.18. The number of Topliss-reactive ketones (excluding diaryl/α,β-unsaturated/α-hetero) is 1. The third-order valence-corrected chi connectivity index (χ3v) is 8.47. The number of ketones is 1. The molecule has 1 saturated heterocycles. The second-order valence-corrected chi connectivity index (χ2v) is 12.2. The van der Waals surface area contributed by atoms with Crippen molar-refractivity contribution >= 4 is 45.9 Å². The Morgan fingerprint density at radius 3 is 2.54 bits per heavy atom. The molecule has 11 heteroatoms. The topological polar surface area (TPSA) is 100 Å². The molecule has 0 spiro atoms. The number of hydrogen-bond donors (Lipinski definition) is 1. The molecule has 0 unspecified atom stereocenters. The number of nitrogens with one attached hydrogen (secondary N) is 1. The molecule has 1 aromatic carbocycles. The fourth-order valence-corrected chi connectivity index (χ4v) is 5.88. The molecule has 4 aromatic rings. The lowest BCUT2D eigenvalue weighted by molar-refractivity contribution is -0.119. The molecule has 200 valence electrons. The molecule has 2 fully saturated rings. The average Bonchev–Trinajstić information content (AvgIpc) is 3.73. The maximum absolute atomic E-state index is 12.2. The van der Waals surface area contributed by atoms with Crippen LogP contribution in [0.5, 0.6) is 0 Å². The first kappa shape index (κ1) is 25.8. The van der Waals surface area contributed by atoms with Crippen molar-refractivity contribution < 1.29 is 4.79 Å². The Kier molecular flexibility index (Phi) is 7.80. The van der Waals surface area contributed by atoms with Crippen molar-refractivity contribution in [2.24, 2.45) is 5.92 Å². The van der Waals surface area contributed by atoms with Gasteiger partial charge in [0.15, 0.2) is 10.3 Å². The quantitative estimate of drug-likeness (QED) is 0.293. The Balaban J connectivity index is 1.16. The Morgan fingerprint density at radius 1 is 1.03 bits per heavy atom. The summed E-state index contributed by atoms with van der Waals surface area (Å²) in [5.41, 5.74) is 2.27. The number of aromatic nitrogens is 5. The Bertz CT molecular complexity index is 1420. The maximum Gasteiger partial charge on any atom is 0.234 e. The van der Waals surface area contributed by atoms with Crippen LogP contribution in [0.3, 0.4) is 0 Å². The van der Waals surface area contributed by atoms with Crippen LogP contribution in [0.4, 0.5) is 17.0 Å². The third-order valence-electron chi connectivity index (χ3n) is 6.77. The summed E-state index contributed by atoms with van der Waals surface area (Å²) in [6.45, 7) is 6.40. The van der Waals surface area contributed by atoms with E-state index in [9.17, 15) is 4.79 Å². The second kappa shape index (κ2) is 11.8. The Morgan fingerprint density at radius 2 is 1.85 bits per heavy atom. The van der Waals surface area contributed by atoms with Gasteiger partial charge in [-0.1, -0.05) is 18.2 Å². The minimum Gasteiger partial charge on any atom is -0.338 e. The first-order valence-corrected chi connectivity index (χ1v) is 14.8. The first-order chi connectivity index (χ1) is 19.1. The van der Waals surface area contributed by atoms with Crippen molar-refractivity contribution in [3.05, 3.63) is 71.0 Å². The monoisotopic (exact) mass is 558 g/mol. The van der Waals surface area contributed by atoms with Crippen LogP contribution in [0.1, 0.15) is 28.8 Å². The zero-order chi connectivity index (χ0) is 26.6. The molecule has 6 rings (SSSR count). The van der Waals surface area contributed by atoms with Gasteiger partial charge in [0.1, 0.15) is 5.78 Å². The predicted molar refractivity (Wildman–Crippen MR) is 154 cm³/mol. The van der Waals surface area contributed by atoms with Crippen LogP contribution < -0.4 is 10.2 Å². The largest absolute Gasteiger partial charge is 0.338 e. The molecule has 0 atom stereocenters. The smallest absolute Gasteiger partial charge is 0.234 e. The number of thiazole rings is 1. The van der Waals surface area contributed by atoms with Gasteiger partial charge in [0.2, 0.25) is 11.9 Å². The maximum atomic E-state index is 12.2. The highest BCUT2D eigenvalue weighted by Gasteiger charge is 2.29. The number of aryl methyl sites for hydroxylation is 1. The molecule has 1 N–H and O–H groups in total. The van der Waals surface area contributed by atoms with Gasteiger partial charge < -0.3 is 4.90 Å². The minimum atomic E-state index is 0.285. The molecule has 1 aliphatic heterocycles. The molecule has 0 amide bonds. The molecule has 1 aliphatic carbocycles. The van der Waals surface area contributed by atoms with Crippen LogP contribution in [-0.4, -0.2) is 61.8 Å². The number of anilines is 3. The minimum absolute atomic E-state index is 0.285. The van der Waals surface area contributed by atoms with Crippen molar-refractivity contribution in [2.75, 3.05) is 36.4 Å². The molecular weight excluding hydrogens is 528 g/mol. The highest BCUT2D eigenvalue weighted by atomic mass is 32.2. The molecular formula is C28H30N8OS2. The first-order valence-electron chi connectivity index (χ1n) is 13.2. The molecule has 9 nitrogen and oxygen atoms in total. The number of carbonyl (C=O) groups is 1. The van der Waals surface area contributed by atoms with Crippen molar-refractivity contribution in [1.29, 1.82) is 0 Å². The second-order valence-electron chi connectivity index (χ2n) is 9.93. The summed E-state index contributed by atoms with van der Waals surface area (Å²) in [5, 5.41) is 4.65. The summed E-state index contributed by atoms with van der Waals surface area (Å²) in [6, 6.07) is 12.2. The molecule has 0 radical (unpaired) electrons. The molecule has 1 saturated carbocycles. The molecule has 2 aliphatic rings. The van der Waals surface area contributed by atoms with Crippen LogP contribution in [0.15, 0.2) is 65.0 Å². The van der Waals surface area contributed by atoms with Crippen LogP contribution in [-0.2, 0) is 17.8 Å². The molecule has 39 heavy (non-hydrogen) atoms. The fraction of sp³-hybridized carbons (Fsp3) is 0.357. The van der Waals surface area contributed by atoms with Crippen LogP contribution in [0.2, 0.25) is 0 Å². The SMILES string of the molecule is Cc1cnc(Nc2nc(Sc3ccc(CC(=O)C4CC4)cc3)nc(N3CCN(Cc4cccnc4)CC3)n2)s1. The summed E-state index contributed by atoms with van der Waals surface area (Å²) < 4.78 is 0. The molecule has 0 bridgehead atoms. The Hall–Kier alpha value is -3.41. The highest BCUT2D eigenvalue weighted by molar-refractivity contribution is 7.99. The van der Waals surface area contributed by atoms with Crippen LogP contribution in [0, 0.1) is 12.8 Å². The zero-order valence-corrected chi connectivity index (χ0v) is 23.4. The van der Waals surface area contributed by atoms with E-state index in [0.717, 1.165) is 66.0 Å². The third kappa shape index (κ3) is 6.97. The lowest BCUT2D eigenvalue weighted by Gasteiger charge is -2.34. The van der Waals surface area contributed by atoms with E-state index in [1.807, 2.05) is 49.6 Å². The number of nitrogens with zero attached hydrogens (tertiary/aromatic N) is 7. The van der Waals surface area contributed by atoms with E-state index in [1.165, 1.54) is 17.3 Å². The van der Waals surface area contributed by atoms with Crippen molar-refractivity contribution in [1.82, 2.24) is 29.8 Å². The van der Waals surface area contributed by atoms with E-state index in [0.29, 0.717) is 29.3 Å². The number of hydrogen-bond acceptors (Lipinski definition) is 11. The van der Waals surface area contributed by atoms with Gasteiger partial charge in [-0.3, -0.25) is 20.0 Å². The van der Waals surface area contributed by atoms with Gasteiger partial charge in [-0.25, -0.2) is 4.98 Å². The molecule has 3 aromatic heterocycles. The highest BCUT2D eigenvalue weighted by Crippen LogP contribution is 2.32. The van der Waals surface area contributed by atoms with Crippen LogP contribution in [0.25, 0.3) is 0 Å². The standard InChI is InChI=1S/C28H30N8OS2/c1-19-16-30-27(38-19)32-25-31-26(36-13-11-35(12-14-36)18-21-3-2-10-29-17-21)34-28(33-25)39-23-8-4-20(5-9-23)15-24(37)22-6-7-22/h2-5,8-10,16-17,22H,6-7,11-15,18H2,1H3,(H,30,31,32,33,34). The molecule has 4 heterocycles. The number of benzene rings is 1. The Labute approximate surface area is 236 Å². The van der Waals surface area contributed by atoms with E-state index < -0.39 is 0 Å². The number of carbonyl (C=O) groups excluding carboxylic acids is 1. The van der Waals surface area contributed by atoms with Gasteiger partial charge in [0.05, 0.1) is 0 Å². The van der Waals surface area contributed by atoms with Gasteiger partial charge >= 0.3 is 0 Å². The summed E-state index contributed by atoms with van der Waals surface area (Å²) in [4.78, 5) is 41.9. The normalized spacial score (nSPS) is 15.9. The van der Waals surface area contributed by atoms with Gasteiger partial charge in [0, 0.05) is 73.4 Å². The van der Waals surface area contributed by atoms with Crippen molar-refractivity contribution in [2.45, 2.75) is 42.8 Å². The van der Waals surface area contributed by atoms with Gasteiger partial charge in [-0.05, 0) is 60.9 Å². The number of piperazine rings is 1. The van der Waals surface area contributed by atoms with E-state index in [2.05, 4.69) is 31.2 Å². The predicted octanol–water partition coefficient (Wildman–Crippen LogP) is 4.77. The van der Waals surface area contributed by atoms with Crippen molar-refractivity contribution in [3.63, 3.8) is 0 Å². The number of rotatable bonds is 10. The van der Waals surface area contributed by atoms with Crippen LogP contribution >= 0.6 is 23.1 Å². The van der Waals surface area contributed by atoms with Gasteiger partial charge in [-0.2, -0.15) is 15.0 Å². The van der Waals surface area contributed by atoms with E-state index in [4.69, 9.17) is 15.0 Å².